The van der Waals surface area contributed by atoms with Crippen molar-refractivity contribution in [2.75, 3.05) is 20.2 Å². The van der Waals surface area contributed by atoms with Crippen molar-refractivity contribution in [3.63, 3.8) is 0 Å². The zero-order valence-corrected chi connectivity index (χ0v) is 14.0. The van der Waals surface area contributed by atoms with Crippen molar-refractivity contribution < 1.29 is 4.74 Å². The molecule has 1 N–H and O–H groups in total. The van der Waals surface area contributed by atoms with Gasteiger partial charge in [-0.2, -0.15) is 0 Å². The maximum absolute atomic E-state index is 5.23. The normalized spacial score (nSPS) is 22.5. The lowest BCUT2D eigenvalue weighted by atomic mass is 9.94. The molecule has 1 atom stereocenters. The van der Waals surface area contributed by atoms with E-state index in [2.05, 4.69) is 49.0 Å². The van der Waals surface area contributed by atoms with Gasteiger partial charge in [0.25, 0.3) is 0 Å². The van der Waals surface area contributed by atoms with Gasteiger partial charge in [-0.1, -0.05) is 19.9 Å². The molecule has 1 aromatic heterocycles. The van der Waals surface area contributed by atoms with Gasteiger partial charge in [-0.05, 0) is 32.3 Å². The quantitative estimate of drug-likeness (QED) is 0.905. The lowest BCUT2D eigenvalue weighted by Gasteiger charge is -2.45. The molecule has 0 spiro atoms. The Morgan fingerprint density at radius 3 is 2.86 bits per heavy atom. The predicted octanol–water partition coefficient (Wildman–Crippen LogP) is 2.69. The van der Waals surface area contributed by atoms with Crippen LogP contribution in [0.4, 0.5) is 0 Å². The van der Waals surface area contributed by atoms with Gasteiger partial charge in [-0.25, -0.2) is 4.98 Å². The Kier molecular flexibility index (Phi) is 5.22. The molecule has 1 unspecified atom stereocenters. The van der Waals surface area contributed by atoms with Crippen LogP contribution in [0.25, 0.3) is 0 Å². The Hall–Kier alpha value is -1.13. The van der Waals surface area contributed by atoms with Gasteiger partial charge < -0.3 is 10.1 Å². The van der Waals surface area contributed by atoms with E-state index in [0.29, 0.717) is 17.8 Å². The van der Waals surface area contributed by atoms with Crippen LogP contribution in [0.3, 0.4) is 0 Å². The first-order chi connectivity index (χ1) is 9.89. The highest BCUT2D eigenvalue weighted by atomic mass is 16.5. The number of ether oxygens (including phenoxy) is 1. The molecular formula is C17H29N3O. The Labute approximate surface area is 128 Å². The highest BCUT2D eigenvalue weighted by Gasteiger charge is 2.32. The van der Waals surface area contributed by atoms with Crippen molar-refractivity contribution in [2.24, 2.45) is 5.92 Å². The van der Waals surface area contributed by atoms with Crippen LogP contribution in [0.2, 0.25) is 0 Å². The number of nitrogens with one attached hydrogen (secondary N) is 1. The van der Waals surface area contributed by atoms with E-state index in [9.17, 15) is 0 Å². The molecule has 1 aliphatic heterocycles. The molecule has 0 radical (unpaired) electrons. The SMILES string of the molecule is COc1cccc(CN2CC(C)(C)NCC2CC(C)C)n1. The molecule has 0 aliphatic carbocycles. The number of hydrogen-bond donors (Lipinski definition) is 1. The number of rotatable bonds is 5. The number of hydrogen-bond acceptors (Lipinski definition) is 4. The van der Waals surface area contributed by atoms with Crippen LogP contribution in [0.1, 0.15) is 39.8 Å². The molecule has 1 aliphatic rings. The van der Waals surface area contributed by atoms with Gasteiger partial charge in [0, 0.05) is 37.3 Å². The second kappa shape index (κ2) is 6.75. The summed E-state index contributed by atoms with van der Waals surface area (Å²) in [6, 6.07) is 6.58. The van der Waals surface area contributed by atoms with Crippen molar-refractivity contribution in [3.8, 4) is 5.88 Å². The maximum atomic E-state index is 5.23. The first-order valence-corrected chi connectivity index (χ1v) is 7.88. The topological polar surface area (TPSA) is 37.4 Å². The maximum Gasteiger partial charge on any atom is 0.213 e. The smallest absolute Gasteiger partial charge is 0.213 e. The molecule has 118 valence electrons. The molecule has 0 amide bonds. The van der Waals surface area contributed by atoms with Crippen LogP contribution in [0, 0.1) is 5.92 Å². The number of nitrogens with zero attached hydrogens (tertiary/aromatic N) is 2. The largest absolute Gasteiger partial charge is 0.481 e. The monoisotopic (exact) mass is 291 g/mol. The third kappa shape index (κ3) is 4.68. The van der Waals surface area contributed by atoms with Crippen LogP contribution in [0.5, 0.6) is 5.88 Å². The highest BCUT2D eigenvalue weighted by molar-refractivity contribution is 5.16. The summed E-state index contributed by atoms with van der Waals surface area (Å²) in [5, 5.41) is 3.67. The average Bonchev–Trinajstić information content (AvgIpc) is 2.41. The summed E-state index contributed by atoms with van der Waals surface area (Å²) in [5.74, 6) is 1.40. The van der Waals surface area contributed by atoms with Gasteiger partial charge in [0.05, 0.1) is 12.8 Å². The van der Waals surface area contributed by atoms with Crippen molar-refractivity contribution in [2.45, 2.75) is 52.2 Å². The summed E-state index contributed by atoms with van der Waals surface area (Å²) in [5.41, 5.74) is 1.24. The minimum absolute atomic E-state index is 0.159. The van der Waals surface area contributed by atoms with Gasteiger partial charge in [0.15, 0.2) is 0 Å². The number of piperazine rings is 1. The second-order valence-corrected chi connectivity index (χ2v) is 7.12. The number of pyridine rings is 1. The molecule has 1 saturated heterocycles. The van der Waals surface area contributed by atoms with E-state index < -0.39 is 0 Å². The van der Waals surface area contributed by atoms with Gasteiger partial charge in [0.2, 0.25) is 5.88 Å². The summed E-state index contributed by atoms with van der Waals surface area (Å²) < 4.78 is 5.23. The van der Waals surface area contributed by atoms with Crippen LogP contribution >= 0.6 is 0 Å². The fourth-order valence-electron chi connectivity index (χ4n) is 3.04. The predicted molar refractivity (Wildman–Crippen MR) is 86.5 cm³/mol. The first kappa shape index (κ1) is 16.2. The molecule has 2 heterocycles. The molecular weight excluding hydrogens is 262 g/mol. The fraction of sp³-hybridized carbons (Fsp3) is 0.706. The summed E-state index contributed by atoms with van der Waals surface area (Å²) in [6.07, 6.45) is 1.22. The second-order valence-electron chi connectivity index (χ2n) is 7.12. The molecule has 1 aromatic rings. The zero-order chi connectivity index (χ0) is 15.5. The van der Waals surface area contributed by atoms with Crippen molar-refractivity contribution in [3.05, 3.63) is 23.9 Å². The lowest BCUT2D eigenvalue weighted by molar-refractivity contribution is 0.0747. The summed E-state index contributed by atoms with van der Waals surface area (Å²) in [6.45, 7) is 12.1. The van der Waals surface area contributed by atoms with E-state index >= 15 is 0 Å². The van der Waals surface area contributed by atoms with Crippen molar-refractivity contribution in [1.82, 2.24) is 15.2 Å². The highest BCUT2D eigenvalue weighted by Crippen LogP contribution is 2.22. The Balaban J connectivity index is 2.11. The molecule has 0 saturated carbocycles. The molecule has 4 heteroatoms. The van der Waals surface area contributed by atoms with E-state index in [1.54, 1.807) is 7.11 Å². The summed E-state index contributed by atoms with van der Waals surface area (Å²) in [4.78, 5) is 7.13. The molecule has 1 fully saturated rings. The lowest BCUT2D eigenvalue weighted by Crippen LogP contribution is -2.61. The fourth-order valence-corrected chi connectivity index (χ4v) is 3.04. The Morgan fingerprint density at radius 1 is 1.43 bits per heavy atom. The van der Waals surface area contributed by atoms with Gasteiger partial charge in [-0.15, -0.1) is 0 Å². The number of aromatic nitrogens is 1. The summed E-state index contributed by atoms with van der Waals surface area (Å²) >= 11 is 0. The third-order valence-electron chi connectivity index (χ3n) is 4.03. The van der Waals surface area contributed by atoms with Gasteiger partial charge in [-0.3, -0.25) is 4.90 Å². The molecule has 2 rings (SSSR count). The molecule has 4 nitrogen and oxygen atoms in total. The van der Waals surface area contributed by atoms with Crippen molar-refractivity contribution in [1.29, 1.82) is 0 Å². The zero-order valence-electron chi connectivity index (χ0n) is 14.0. The minimum Gasteiger partial charge on any atom is -0.481 e. The van der Waals surface area contributed by atoms with Crippen LogP contribution in [-0.2, 0) is 6.54 Å². The molecule has 0 bridgehead atoms. The third-order valence-corrected chi connectivity index (χ3v) is 4.03. The van der Waals surface area contributed by atoms with Crippen LogP contribution in [-0.4, -0.2) is 41.7 Å². The Bertz CT molecular complexity index is 459. The van der Waals surface area contributed by atoms with E-state index in [1.165, 1.54) is 6.42 Å². The van der Waals surface area contributed by atoms with E-state index in [1.807, 2.05) is 12.1 Å². The number of methoxy groups -OCH3 is 1. The first-order valence-electron chi connectivity index (χ1n) is 7.88. The Morgan fingerprint density at radius 2 is 2.19 bits per heavy atom. The molecule has 0 aromatic carbocycles. The average molecular weight is 291 g/mol. The minimum atomic E-state index is 0.159. The van der Waals surface area contributed by atoms with E-state index in [-0.39, 0.29) is 5.54 Å². The van der Waals surface area contributed by atoms with E-state index in [4.69, 9.17) is 4.74 Å². The van der Waals surface area contributed by atoms with Crippen LogP contribution < -0.4 is 10.1 Å². The van der Waals surface area contributed by atoms with Gasteiger partial charge >= 0.3 is 0 Å². The standard InChI is InChI=1S/C17H29N3O/c1-13(2)9-15-10-18-17(3,4)12-20(15)11-14-7-6-8-16(19-14)21-5/h6-8,13,15,18H,9-12H2,1-5H3. The summed E-state index contributed by atoms with van der Waals surface area (Å²) in [7, 11) is 1.67. The van der Waals surface area contributed by atoms with Crippen LogP contribution in [0.15, 0.2) is 18.2 Å². The molecule has 21 heavy (non-hydrogen) atoms. The van der Waals surface area contributed by atoms with E-state index in [0.717, 1.165) is 25.3 Å². The van der Waals surface area contributed by atoms with Gasteiger partial charge in [0.1, 0.15) is 0 Å². The van der Waals surface area contributed by atoms with Crippen molar-refractivity contribution >= 4 is 0 Å².